The molecule has 1 amide bonds. The third kappa shape index (κ3) is 5.63. The fourth-order valence-electron chi connectivity index (χ4n) is 1.46. The minimum absolute atomic E-state index is 0.0319. The van der Waals surface area contributed by atoms with Crippen LogP contribution in [0.25, 0.3) is 0 Å². The van der Waals surface area contributed by atoms with Gasteiger partial charge in [-0.3, -0.25) is 4.79 Å². The summed E-state index contributed by atoms with van der Waals surface area (Å²) < 4.78 is 5.03. The van der Waals surface area contributed by atoms with Crippen molar-refractivity contribution < 1.29 is 9.53 Å². The molecule has 5 heteroatoms. The number of aromatic nitrogens is 1. The van der Waals surface area contributed by atoms with Gasteiger partial charge >= 0.3 is 0 Å². The van der Waals surface area contributed by atoms with E-state index in [9.17, 15) is 4.79 Å². The van der Waals surface area contributed by atoms with Gasteiger partial charge in [-0.25, -0.2) is 4.98 Å². The second kappa shape index (κ2) is 8.47. The summed E-state index contributed by atoms with van der Waals surface area (Å²) >= 11 is 0. The third-order valence-electron chi connectivity index (χ3n) is 2.48. The Labute approximate surface area is 108 Å². The van der Waals surface area contributed by atoms with Crippen LogP contribution in [-0.4, -0.2) is 31.1 Å². The van der Waals surface area contributed by atoms with E-state index in [2.05, 4.69) is 22.5 Å². The van der Waals surface area contributed by atoms with Crippen molar-refractivity contribution in [2.45, 2.75) is 26.3 Å². The molecule has 0 aliphatic rings. The van der Waals surface area contributed by atoms with Crippen LogP contribution in [0.5, 0.6) is 5.88 Å². The lowest BCUT2D eigenvalue weighted by Gasteiger charge is -2.07. The van der Waals surface area contributed by atoms with Crippen molar-refractivity contribution >= 4 is 5.91 Å². The van der Waals surface area contributed by atoms with E-state index in [0.717, 1.165) is 24.9 Å². The van der Waals surface area contributed by atoms with Gasteiger partial charge in [-0.2, -0.15) is 0 Å². The van der Waals surface area contributed by atoms with Gasteiger partial charge in [-0.05, 0) is 18.1 Å². The van der Waals surface area contributed by atoms with Crippen molar-refractivity contribution in [3.63, 3.8) is 0 Å². The molecule has 1 aromatic heterocycles. The second-order valence-electron chi connectivity index (χ2n) is 4.01. The summed E-state index contributed by atoms with van der Waals surface area (Å²) in [6.07, 6.45) is 3.80. The molecule has 100 valence electrons. The van der Waals surface area contributed by atoms with Gasteiger partial charge in [0.1, 0.15) is 0 Å². The van der Waals surface area contributed by atoms with Gasteiger partial charge in [-0.15, -0.1) is 0 Å². The van der Waals surface area contributed by atoms with E-state index in [4.69, 9.17) is 4.74 Å². The highest BCUT2D eigenvalue weighted by molar-refractivity contribution is 5.77. The van der Waals surface area contributed by atoms with Crippen LogP contribution in [0.4, 0.5) is 0 Å². The highest BCUT2D eigenvalue weighted by Crippen LogP contribution is 2.07. The molecule has 0 fully saturated rings. The maximum absolute atomic E-state index is 11.4. The molecule has 0 bridgehead atoms. The first-order valence-electron chi connectivity index (χ1n) is 6.22. The van der Waals surface area contributed by atoms with E-state index in [-0.39, 0.29) is 5.91 Å². The van der Waals surface area contributed by atoms with Crippen LogP contribution in [0.1, 0.15) is 25.3 Å². The smallest absolute Gasteiger partial charge is 0.233 e. The van der Waals surface area contributed by atoms with Crippen molar-refractivity contribution in [2.24, 2.45) is 0 Å². The highest BCUT2D eigenvalue weighted by Gasteiger charge is 2.00. The normalized spacial score (nSPS) is 10.1. The van der Waals surface area contributed by atoms with E-state index in [1.54, 1.807) is 13.3 Å². The van der Waals surface area contributed by atoms with Gasteiger partial charge in [0.05, 0.1) is 13.7 Å². The molecular weight excluding hydrogens is 230 g/mol. The predicted molar refractivity (Wildman–Crippen MR) is 70.4 cm³/mol. The number of hydrogen-bond donors (Lipinski definition) is 2. The zero-order valence-electron chi connectivity index (χ0n) is 11.0. The van der Waals surface area contributed by atoms with Crippen LogP contribution in [0, 0.1) is 0 Å². The maximum Gasteiger partial charge on any atom is 0.233 e. The molecule has 0 aliphatic heterocycles. The number of unbranched alkanes of at least 4 members (excludes halogenated alkanes) is 1. The lowest BCUT2D eigenvalue weighted by atomic mass is 10.2. The van der Waals surface area contributed by atoms with E-state index in [0.29, 0.717) is 19.0 Å². The third-order valence-corrected chi connectivity index (χ3v) is 2.48. The Morgan fingerprint density at radius 3 is 3.06 bits per heavy atom. The Bertz CT molecular complexity index is 369. The molecular formula is C13H21N3O2. The van der Waals surface area contributed by atoms with Crippen molar-refractivity contribution in [3.05, 3.63) is 23.9 Å². The minimum Gasteiger partial charge on any atom is -0.481 e. The van der Waals surface area contributed by atoms with Gasteiger partial charge in [0, 0.05) is 25.4 Å². The molecule has 1 rings (SSSR count). The maximum atomic E-state index is 11.4. The largest absolute Gasteiger partial charge is 0.481 e. The van der Waals surface area contributed by atoms with Crippen LogP contribution in [0.15, 0.2) is 18.3 Å². The van der Waals surface area contributed by atoms with Gasteiger partial charge in [-0.1, -0.05) is 13.3 Å². The van der Waals surface area contributed by atoms with E-state index >= 15 is 0 Å². The number of methoxy groups -OCH3 is 1. The van der Waals surface area contributed by atoms with Crippen LogP contribution < -0.4 is 15.4 Å². The van der Waals surface area contributed by atoms with E-state index in [1.807, 2.05) is 12.1 Å². The molecule has 0 aromatic carbocycles. The first-order valence-corrected chi connectivity index (χ1v) is 6.22. The molecule has 5 nitrogen and oxygen atoms in total. The van der Waals surface area contributed by atoms with Crippen molar-refractivity contribution in [1.82, 2.24) is 15.6 Å². The average Bonchev–Trinajstić information content (AvgIpc) is 2.39. The summed E-state index contributed by atoms with van der Waals surface area (Å²) in [6.45, 7) is 3.80. The van der Waals surface area contributed by atoms with Gasteiger partial charge in [0.2, 0.25) is 11.8 Å². The Morgan fingerprint density at radius 2 is 2.33 bits per heavy atom. The molecule has 2 N–H and O–H groups in total. The number of amides is 1. The van der Waals surface area contributed by atoms with Gasteiger partial charge in [0.25, 0.3) is 0 Å². The van der Waals surface area contributed by atoms with Crippen LogP contribution in [0.2, 0.25) is 0 Å². The lowest BCUT2D eigenvalue weighted by Crippen LogP contribution is -2.34. The molecule has 0 atom stereocenters. The lowest BCUT2D eigenvalue weighted by molar-refractivity contribution is -0.120. The Kier molecular flexibility index (Phi) is 6.79. The first kappa shape index (κ1) is 14.4. The zero-order chi connectivity index (χ0) is 13.2. The summed E-state index contributed by atoms with van der Waals surface area (Å²) in [7, 11) is 1.58. The molecule has 0 spiro atoms. The number of carbonyl (C=O) groups is 1. The van der Waals surface area contributed by atoms with E-state index in [1.165, 1.54) is 0 Å². The topological polar surface area (TPSA) is 63.2 Å². The van der Waals surface area contributed by atoms with Crippen LogP contribution >= 0.6 is 0 Å². The molecule has 1 aromatic rings. The first-order chi connectivity index (χ1) is 8.76. The fraction of sp³-hybridized carbons (Fsp3) is 0.538. The van der Waals surface area contributed by atoms with E-state index < -0.39 is 0 Å². The Balaban J connectivity index is 2.22. The zero-order valence-corrected chi connectivity index (χ0v) is 11.0. The van der Waals surface area contributed by atoms with Gasteiger partial charge < -0.3 is 15.4 Å². The number of carbonyl (C=O) groups excluding carboxylic acids is 1. The summed E-state index contributed by atoms with van der Waals surface area (Å²) in [5, 5.41) is 5.94. The monoisotopic (exact) mass is 251 g/mol. The molecule has 1 heterocycles. The summed E-state index contributed by atoms with van der Waals surface area (Å²) in [4.78, 5) is 15.4. The summed E-state index contributed by atoms with van der Waals surface area (Å²) in [5.74, 6) is 0.617. The minimum atomic E-state index is 0.0319. The number of hydrogen-bond acceptors (Lipinski definition) is 4. The Hall–Kier alpha value is -1.62. The summed E-state index contributed by atoms with van der Waals surface area (Å²) in [5.41, 5.74) is 1.04. The molecule has 0 aliphatic carbocycles. The Morgan fingerprint density at radius 1 is 1.50 bits per heavy atom. The second-order valence-corrected chi connectivity index (χ2v) is 4.01. The molecule has 0 saturated carbocycles. The standard InChI is InChI=1S/C13H21N3O2/c1-3-4-6-15-12(17)10-14-9-11-5-7-16-13(8-11)18-2/h5,7-8,14H,3-4,6,9-10H2,1-2H3,(H,15,17). The van der Waals surface area contributed by atoms with Crippen molar-refractivity contribution in [1.29, 1.82) is 0 Å². The average molecular weight is 251 g/mol. The van der Waals surface area contributed by atoms with Gasteiger partial charge in [0.15, 0.2) is 0 Å². The molecule has 0 saturated heterocycles. The number of ether oxygens (including phenoxy) is 1. The number of nitrogens with zero attached hydrogens (tertiary/aromatic N) is 1. The fourth-order valence-corrected chi connectivity index (χ4v) is 1.46. The molecule has 0 unspecified atom stereocenters. The molecule has 18 heavy (non-hydrogen) atoms. The number of pyridine rings is 1. The number of rotatable bonds is 8. The SMILES string of the molecule is CCCCNC(=O)CNCc1ccnc(OC)c1. The van der Waals surface area contributed by atoms with Crippen molar-refractivity contribution in [2.75, 3.05) is 20.2 Å². The van der Waals surface area contributed by atoms with Crippen molar-refractivity contribution in [3.8, 4) is 5.88 Å². The summed E-state index contributed by atoms with van der Waals surface area (Å²) in [6, 6.07) is 3.74. The molecule has 0 radical (unpaired) electrons. The number of nitrogens with one attached hydrogen (secondary N) is 2. The van der Waals surface area contributed by atoms with Crippen LogP contribution in [-0.2, 0) is 11.3 Å². The quantitative estimate of drug-likeness (QED) is 0.679. The van der Waals surface area contributed by atoms with Crippen LogP contribution in [0.3, 0.4) is 0 Å². The predicted octanol–water partition coefficient (Wildman–Crippen LogP) is 1.10. The highest BCUT2D eigenvalue weighted by atomic mass is 16.5.